The van der Waals surface area contributed by atoms with Gasteiger partial charge in [0.2, 0.25) is 0 Å². The van der Waals surface area contributed by atoms with Crippen LogP contribution in [0.25, 0.3) is 0 Å². The molecule has 1 unspecified atom stereocenters. The van der Waals surface area contributed by atoms with Crippen molar-refractivity contribution in [1.82, 2.24) is 0 Å². The second kappa shape index (κ2) is 7.10. The largest absolute Gasteiger partial charge is 0.465 e. The minimum Gasteiger partial charge on any atom is -0.465 e. The van der Waals surface area contributed by atoms with Crippen LogP contribution in [0.4, 0.5) is 0 Å². The van der Waals surface area contributed by atoms with Crippen LogP contribution in [0.2, 0.25) is 0 Å². The lowest BCUT2D eigenvalue weighted by Gasteiger charge is -2.15. The Kier molecular flexibility index (Phi) is 5.75. The van der Waals surface area contributed by atoms with E-state index in [0.717, 1.165) is 12.8 Å². The summed E-state index contributed by atoms with van der Waals surface area (Å²) in [5, 5.41) is 0. The Hall–Kier alpha value is -1.31. The Balaban J connectivity index is 2.41. The van der Waals surface area contributed by atoms with Gasteiger partial charge in [0.1, 0.15) is 0 Å². The Morgan fingerprint density at radius 2 is 1.88 bits per heavy atom. The Labute approximate surface area is 104 Å². The predicted octanol–water partition coefficient (Wildman–Crippen LogP) is 3.77. The van der Waals surface area contributed by atoms with E-state index in [1.165, 1.54) is 5.56 Å². The molecule has 1 aromatic carbocycles. The fourth-order valence-corrected chi connectivity index (χ4v) is 1.80. The summed E-state index contributed by atoms with van der Waals surface area (Å²) in [4.78, 5) is 11.3. The second-order valence-electron chi connectivity index (χ2n) is 4.63. The summed E-state index contributed by atoms with van der Waals surface area (Å²) in [6.45, 7) is 6.40. The standard InChI is InChI=1S/C15H22O2/c1-4-13(14-8-6-5-7-9-14)10-11-17-15(16)12(2)3/h5-9,12-13H,4,10-11H2,1-3H3. The number of esters is 1. The van der Waals surface area contributed by atoms with Gasteiger partial charge in [-0.3, -0.25) is 4.79 Å². The van der Waals surface area contributed by atoms with Crippen LogP contribution >= 0.6 is 0 Å². The van der Waals surface area contributed by atoms with Crippen LogP contribution in [0.5, 0.6) is 0 Å². The minimum atomic E-state index is -0.104. The average molecular weight is 234 g/mol. The molecule has 0 saturated heterocycles. The van der Waals surface area contributed by atoms with Crippen LogP contribution in [0.1, 0.15) is 45.1 Å². The van der Waals surface area contributed by atoms with Crippen LogP contribution < -0.4 is 0 Å². The maximum Gasteiger partial charge on any atom is 0.308 e. The lowest BCUT2D eigenvalue weighted by atomic mass is 9.94. The fourth-order valence-electron chi connectivity index (χ4n) is 1.80. The van der Waals surface area contributed by atoms with Crippen molar-refractivity contribution in [2.45, 2.75) is 39.5 Å². The number of carbonyl (C=O) groups excluding carboxylic acids is 1. The molecule has 0 radical (unpaired) electrons. The first-order valence-corrected chi connectivity index (χ1v) is 6.36. The molecule has 0 spiro atoms. The van der Waals surface area contributed by atoms with Gasteiger partial charge in [0.05, 0.1) is 12.5 Å². The molecule has 94 valence electrons. The SMILES string of the molecule is CCC(CCOC(=O)C(C)C)c1ccccc1. The molecule has 1 atom stereocenters. The monoisotopic (exact) mass is 234 g/mol. The Bertz CT molecular complexity index is 330. The molecular formula is C15H22O2. The van der Waals surface area contributed by atoms with Gasteiger partial charge in [-0.15, -0.1) is 0 Å². The highest BCUT2D eigenvalue weighted by molar-refractivity contribution is 5.71. The summed E-state index contributed by atoms with van der Waals surface area (Å²) >= 11 is 0. The van der Waals surface area contributed by atoms with E-state index in [1.54, 1.807) is 0 Å². The van der Waals surface area contributed by atoms with Gasteiger partial charge >= 0.3 is 5.97 Å². The van der Waals surface area contributed by atoms with E-state index in [4.69, 9.17) is 4.74 Å². The van der Waals surface area contributed by atoms with E-state index in [9.17, 15) is 4.79 Å². The minimum absolute atomic E-state index is 0.0354. The summed E-state index contributed by atoms with van der Waals surface area (Å²) in [6, 6.07) is 10.4. The Morgan fingerprint density at radius 1 is 1.24 bits per heavy atom. The molecule has 1 aromatic rings. The molecule has 17 heavy (non-hydrogen) atoms. The van der Waals surface area contributed by atoms with Gasteiger partial charge in [0.15, 0.2) is 0 Å². The molecule has 0 saturated carbocycles. The van der Waals surface area contributed by atoms with Crippen molar-refractivity contribution in [2.75, 3.05) is 6.61 Å². The first kappa shape index (κ1) is 13.8. The molecule has 0 amide bonds. The topological polar surface area (TPSA) is 26.3 Å². The number of rotatable bonds is 6. The van der Waals surface area contributed by atoms with Gasteiger partial charge < -0.3 is 4.74 Å². The first-order chi connectivity index (χ1) is 8.15. The number of ether oxygens (including phenoxy) is 1. The zero-order chi connectivity index (χ0) is 12.7. The molecule has 0 aromatic heterocycles. The van der Waals surface area contributed by atoms with Gasteiger partial charge in [-0.1, -0.05) is 51.1 Å². The molecule has 0 aliphatic rings. The normalized spacial score (nSPS) is 12.5. The van der Waals surface area contributed by atoms with E-state index >= 15 is 0 Å². The molecule has 2 heteroatoms. The molecule has 0 heterocycles. The van der Waals surface area contributed by atoms with Gasteiger partial charge in [-0.2, -0.15) is 0 Å². The van der Waals surface area contributed by atoms with Crippen LogP contribution in [-0.2, 0) is 9.53 Å². The predicted molar refractivity (Wildman–Crippen MR) is 69.9 cm³/mol. The quantitative estimate of drug-likeness (QED) is 0.700. The number of hydrogen-bond donors (Lipinski definition) is 0. The van der Waals surface area contributed by atoms with Crippen molar-refractivity contribution in [3.8, 4) is 0 Å². The second-order valence-corrected chi connectivity index (χ2v) is 4.63. The summed E-state index contributed by atoms with van der Waals surface area (Å²) in [5.74, 6) is 0.343. The molecule has 0 bridgehead atoms. The Morgan fingerprint density at radius 3 is 2.41 bits per heavy atom. The van der Waals surface area contributed by atoms with Crippen molar-refractivity contribution < 1.29 is 9.53 Å². The summed E-state index contributed by atoms with van der Waals surface area (Å²) < 4.78 is 5.22. The van der Waals surface area contributed by atoms with Crippen LogP contribution in [0.15, 0.2) is 30.3 Å². The fraction of sp³-hybridized carbons (Fsp3) is 0.533. The zero-order valence-corrected chi connectivity index (χ0v) is 11.0. The van der Waals surface area contributed by atoms with Crippen LogP contribution in [0, 0.1) is 5.92 Å². The molecule has 0 aliphatic carbocycles. The highest BCUT2D eigenvalue weighted by atomic mass is 16.5. The highest BCUT2D eigenvalue weighted by Gasteiger charge is 2.12. The number of benzene rings is 1. The average Bonchev–Trinajstić information content (AvgIpc) is 2.35. The van der Waals surface area contributed by atoms with Gasteiger partial charge in [-0.25, -0.2) is 0 Å². The van der Waals surface area contributed by atoms with E-state index in [1.807, 2.05) is 19.9 Å². The summed E-state index contributed by atoms with van der Waals surface area (Å²) in [5.41, 5.74) is 1.33. The molecule has 0 fully saturated rings. The number of hydrogen-bond acceptors (Lipinski definition) is 2. The maximum absolute atomic E-state index is 11.3. The summed E-state index contributed by atoms with van der Waals surface area (Å²) in [7, 11) is 0. The number of carbonyl (C=O) groups is 1. The third kappa shape index (κ3) is 4.59. The third-order valence-corrected chi connectivity index (χ3v) is 2.95. The highest BCUT2D eigenvalue weighted by Crippen LogP contribution is 2.22. The lowest BCUT2D eigenvalue weighted by molar-refractivity contribution is -0.147. The van der Waals surface area contributed by atoms with Gasteiger partial charge in [0, 0.05) is 0 Å². The molecule has 0 aliphatic heterocycles. The molecular weight excluding hydrogens is 212 g/mol. The van der Waals surface area contributed by atoms with Crippen LogP contribution in [-0.4, -0.2) is 12.6 Å². The molecule has 0 N–H and O–H groups in total. The van der Waals surface area contributed by atoms with Crippen molar-refractivity contribution >= 4 is 5.97 Å². The van der Waals surface area contributed by atoms with Crippen molar-refractivity contribution in [1.29, 1.82) is 0 Å². The van der Waals surface area contributed by atoms with Gasteiger partial charge in [-0.05, 0) is 24.3 Å². The zero-order valence-electron chi connectivity index (χ0n) is 11.0. The van der Waals surface area contributed by atoms with Gasteiger partial charge in [0.25, 0.3) is 0 Å². The first-order valence-electron chi connectivity index (χ1n) is 6.36. The summed E-state index contributed by atoms with van der Waals surface area (Å²) in [6.07, 6.45) is 1.97. The van der Waals surface area contributed by atoms with E-state index in [2.05, 4.69) is 31.2 Å². The van der Waals surface area contributed by atoms with Crippen LogP contribution in [0.3, 0.4) is 0 Å². The van der Waals surface area contributed by atoms with E-state index < -0.39 is 0 Å². The molecule has 2 nitrogen and oxygen atoms in total. The van der Waals surface area contributed by atoms with Crippen molar-refractivity contribution in [3.63, 3.8) is 0 Å². The third-order valence-electron chi connectivity index (χ3n) is 2.95. The van der Waals surface area contributed by atoms with E-state index in [-0.39, 0.29) is 11.9 Å². The molecule has 1 rings (SSSR count). The van der Waals surface area contributed by atoms with E-state index in [0.29, 0.717) is 12.5 Å². The maximum atomic E-state index is 11.3. The van der Waals surface area contributed by atoms with Crippen molar-refractivity contribution in [2.24, 2.45) is 5.92 Å². The van der Waals surface area contributed by atoms with Crippen molar-refractivity contribution in [3.05, 3.63) is 35.9 Å². The smallest absolute Gasteiger partial charge is 0.308 e. The lowest BCUT2D eigenvalue weighted by Crippen LogP contribution is -2.14.